The maximum atomic E-state index is 12.1. The molecule has 140 valence electrons. The highest BCUT2D eigenvalue weighted by atomic mass is 35.5. The molecule has 0 radical (unpaired) electrons. The number of aryl methyl sites for hydroxylation is 2. The number of nitrogens with one attached hydrogen (secondary N) is 1. The van der Waals surface area contributed by atoms with Gasteiger partial charge in [0.15, 0.2) is 0 Å². The Morgan fingerprint density at radius 3 is 2.59 bits per heavy atom. The first-order valence-electron chi connectivity index (χ1n) is 9.02. The van der Waals surface area contributed by atoms with Crippen LogP contribution in [-0.2, 0) is 17.6 Å². The molecule has 1 atom stereocenters. The minimum Gasteiger partial charge on any atom is -0.354 e. The van der Waals surface area contributed by atoms with Gasteiger partial charge >= 0.3 is 0 Å². The minimum atomic E-state index is -0.0122. The zero-order valence-electron chi connectivity index (χ0n) is 15.2. The van der Waals surface area contributed by atoms with Crippen LogP contribution in [0.1, 0.15) is 31.2 Å². The molecule has 0 saturated heterocycles. The highest BCUT2D eigenvalue weighted by Crippen LogP contribution is 2.19. The van der Waals surface area contributed by atoms with E-state index in [-0.39, 0.29) is 11.9 Å². The molecule has 1 aromatic heterocycles. The van der Waals surface area contributed by atoms with Gasteiger partial charge in [-0.05, 0) is 49.6 Å². The minimum absolute atomic E-state index is 0.0122. The summed E-state index contributed by atoms with van der Waals surface area (Å²) >= 11 is 5.88. The van der Waals surface area contributed by atoms with Crippen LogP contribution < -0.4 is 5.32 Å². The second-order valence-electron chi connectivity index (χ2n) is 6.51. The summed E-state index contributed by atoms with van der Waals surface area (Å²) in [6, 6.07) is 17.6. The molecular formula is C21H22ClN3O2. The maximum Gasteiger partial charge on any atom is 0.227 e. The van der Waals surface area contributed by atoms with Crippen LogP contribution in [-0.4, -0.2) is 22.1 Å². The predicted octanol–water partition coefficient (Wildman–Crippen LogP) is 4.46. The standard InChI is InChI=1S/C21H22ClN3O2/c1-15(7-8-16-5-3-2-4-6-16)23-19(26)13-14-20-24-21(25-27-20)17-9-11-18(22)12-10-17/h2-6,9-12,15H,7-8,13-14H2,1H3,(H,23,26)/t15-/m1/s1. The molecule has 27 heavy (non-hydrogen) atoms. The molecule has 0 aliphatic rings. The van der Waals surface area contributed by atoms with E-state index in [1.807, 2.05) is 37.3 Å². The van der Waals surface area contributed by atoms with E-state index >= 15 is 0 Å². The summed E-state index contributed by atoms with van der Waals surface area (Å²) in [6.07, 6.45) is 2.57. The number of nitrogens with zero attached hydrogens (tertiary/aromatic N) is 2. The van der Waals surface area contributed by atoms with Crippen molar-refractivity contribution < 1.29 is 9.32 Å². The maximum absolute atomic E-state index is 12.1. The number of carbonyl (C=O) groups is 1. The highest BCUT2D eigenvalue weighted by molar-refractivity contribution is 6.30. The molecule has 3 rings (SSSR count). The van der Waals surface area contributed by atoms with Crippen molar-refractivity contribution in [3.8, 4) is 11.4 Å². The highest BCUT2D eigenvalue weighted by Gasteiger charge is 2.12. The lowest BCUT2D eigenvalue weighted by molar-refractivity contribution is -0.121. The molecule has 2 aromatic carbocycles. The van der Waals surface area contributed by atoms with E-state index in [4.69, 9.17) is 16.1 Å². The Labute approximate surface area is 163 Å². The summed E-state index contributed by atoms with van der Waals surface area (Å²) < 4.78 is 5.24. The van der Waals surface area contributed by atoms with Gasteiger partial charge in [-0.2, -0.15) is 4.98 Å². The van der Waals surface area contributed by atoms with E-state index in [1.165, 1.54) is 5.56 Å². The van der Waals surface area contributed by atoms with Crippen LogP contribution in [0.5, 0.6) is 0 Å². The first-order chi connectivity index (χ1) is 13.1. The molecule has 5 nitrogen and oxygen atoms in total. The topological polar surface area (TPSA) is 68.0 Å². The Balaban J connectivity index is 1.43. The number of hydrogen-bond donors (Lipinski definition) is 1. The fourth-order valence-corrected chi connectivity index (χ4v) is 2.87. The van der Waals surface area contributed by atoms with Crippen LogP contribution in [0.15, 0.2) is 59.1 Å². The summed E-state index contributed by atoms with van der Waals surface area (Å²) in [4.78, 5) is 16.5. The van der Waals surface area contributed by atoms with Crippen molar-refractivity contribution in [3.63, 3.8) is 0 Å². The van der Waals surface area contributed by atoms with Gasteiger partial charge in [-0.1, -0.05) is 47.1 Å². The van der Waals surface area contributed by atoms with Gasteiger partial charge in [-0.3, -0.25) is 4.79 Å². The van der Waals surface area contributed by atoms with Gasteiger partial charge in [0.1, 0.15) is 0 Å². The Morgan fingerprint density at radius 1 is 1.11 bits per heavy atom. The van der Waals surface area contributed by atoms with Crippen molar-refractivity contribution in [1.29, 1.82) is 0 Å². The van der Waals surface area contributed by atoms with E-state index in [0.717, 1.165) is 18.4 Å². The van der Waals surface area contributed by atoms with Gasteiger partial charge in [0.25, 0.3) is 0 Å². The molecule has 0 saturated carbocycles. The van der Waals surface area contributed by atoms with Crippen molar-refractivity contribution in [2.45, 2.75) is 38.6 Å². The number of rotatable bonds is 8. The largest absolute Gasteiger partial charge is 0.354 e. The molecule has 1 N–H and O–H groups in total. The molecule has 0 unspecified atom stereocenters. The average Bonchev–Trinajstić information content (AvgIpc) is 3.15. The summed E-state index contributed by atoms with van der Waals surface area (Å²) in [5, 5.41) is 7.63. The number of halogens is 1. The van der Waals surface area contributed by atoms with E-state index in [0.29, 0.717) is 29.6 Å². The molecule has 1 amide bonds. The third-order valence-electron chi connectivity index (χ3n) is 4.25. The Hall–Kier alpha value is -2.66. The first-order valence-corrected chi connectivity index (χ1v) is 9.40. The molecule has 6 heteroatoms. The number of amides is 1. The molecule has 0 spiro atoms. The van der Waals surface area contributed by atoms with Gasteiger partial charge in [0.05, 0.1) is 0 Å². The van der Waals surface area contributed by atoms with Crippen molar-refractivity contribution in [2.75, 3.05) is 0 Å². The van der Waals surface area contributed by atoms with Crippen LogP contribution in [0.25, 0.3) is 11.4 Å². The Morgan fingerprint density at radius 2 is 1.85 bits per heavy atom. The van der Waals surface area contributed by atoms with Gasteiger partial charge in [0, 0.05) is 29.5 Å². The number of aromatic nitrogens is 2. The lowest BCUT2D eigenvalue weighted by atomic mass is 10.1. The third kappa shape index (κ3) is 5.93. The molecular weight excluding hydrogens is 362 g/mol. The molecule has 0 aliphatic heterocycles. The van der Waals surface area contributed by atoms with E-state index in [1.54, 1.807) is 12.1 Å². The molecule has 0 fully saturated rings. The van der Waals surface area contributed by atoms with Crippen molar-refractivity contribution in [2.24, 2.45) is 0 Å². The monoisotopic (exact) mass is 383 g/mol. The van der Waals surface area contributed by atoms with E-state index in [2.05, 4.69) is 27.6 Å². The average molecular weight is 384 g/mol. The van der Waals surface area contributed by atoms with Crippen LogP contribution in [0.4, 0.5) is 0 Å². The second-order valence-corrected chi connectivity index (χ2v) is 6.95. The molecule has 1 heterocycles. The lowest BCUT2D eigenvalue weighted by Gasteiger charge is -2.13. The van der Waals surface area contributed by atoms with E-state index < -0.39 is 0 Å². The number of hydrogen-bond acceptors (Lipinski definition) is 4. The van der Waals surface area contributed by atoms with Crippen LogP contribution in [0, 0.1) is 0 Å². The summed E-state index contributed by atoms with van der Waals surface area (Å²) in [6.45, 7) is 2.02. The Kier molecular flexibility index (Phi) is 6.60. The molecule has 0 aliphatic carbocycles. The fraction of sp³-hybridized carbons (Fsp3) is 0.286. The zero-order chi connectivity index (χ0) is 19.1. The third-order valence-corrected chi connectivity index (χ3v) is 4.50. The van der Waals surface area contributed by atoms with Crippen molar-refractivity contribution in [1.82, 2.24) is 15.5 Å². The van der Waals surface area contributed by atoms with Crippen molar-refractivity contribution in [3.05, 3.63) is 71.1 Å². The van der Waals surface area contributed by atoms with Gasteiger partial charge in [0.2, 0.25) is 17.6 Å². The van der Waals surface area contributed by atoms with Gasteiger partial charge in [-0.15, -0.1) is 0 Å². The molecule has 0 bridgehead atoms. The summed E-state index contributed by atoms with van der Waals surface area (Å²) in [7, 11) is 0. The number of carbonyl (C=O) groups excluding carboxylic acids is 1. The van der Waals surface area contributed by atoms with Crippen LogP contribution in [0.2, 0.25) is 5.02 Å². The quantitative estimate of drug-likeness (QED) is 0.623. The number of benzene rings is 2. The summed E-state index contributed by atoms with van der Waals surface area (Å²) in [5.74, 6) is 0.937. The fourth-order valence-electron chi connectivity index (χ4n) is 2.74. The first kappa shape index (κ1) is 19.1. The van der Waals surface area contributed by atoms with E-state index in [9.17, 15) is 4.79 Å². The summed E-state index contributed by atoms with van der Waals surface area (Å²) in [5.41, 5.74) is 2.10. The second kappa shape index (κ2) is 9.33. The van der Waals surface area contributed by atoms with Crippen LogP contribution in [0.3, 0.4) is 0 Å². The van der Waals surface area contributed by atoms with Crippen molar-refractivity contribution >= 4 is 17.5 Å². The van der Waals surface area contributed by atoms with Gasteiger partial charge in [-0.25, -0.2) is 0 Å². The lowest BCUT2D eigenvalue weighted by Crippen LogP contribution is -2.33. The van der Waals surface area contributed by atoms with Gasteiger partial charge < -0.3 is 9.84 Å². The Bertz CT molecular complexity index is 863. The zero-order valence-corrected chi connectivity index (χ0v) is 15.9. The molecule has 3 aromatic rings. The SMILES string of the molecule is C[C@H](CCc1ccccc1)NC(=O)CCc1nc(-c2ccc(Cl)cc2)no1. The smallest absolute Gasteiger partial charge is 0.227 e. The van der Waals surface area contributed by atoms with Crippen LogP contribution >= 0.6 is 11.6 Å². The normalized spacial score (nSPS) is 11.9. The predicted molar refractivity (Wildman–Crippen MR) is 105 cm³/mol.